The van der Waals surface area contributed by atoms with Gasteiger partial charge in [0.15, 0.2) is 0 Å². The second kappa shape index (κ2) is 5.47. The number of aliphatic carboxylic acids is 1. The minimum atomic E-state index is -0.843. The number of carbonyl (C=O) groups is 1. The first kappa shape index (κ1) is 12.5. The van der Waals surface area contributed by atoms with Gasteiger partial charge >= 0.3 is 5.97 Å². The van der Waals surface area contributed by atoms with E-state index in [1.54, 1.807) is 0 Å². The number of nitrogens with one attached hydrogen (secondary N) is 1. The van der Waals surface area contributed by atoms with Gasteiger partial charge in [0, 0.05) is 6.61 Å². The van der Waals surface area contributed by atoms with E-state index in [0.717, 1.165) is 19.3 Å². The zero-order chi connectivity index (χ0) is 11.3. The van der Waals surface area contributed by atoms with Crippen molar-refractivity contribution in [3.8, 4) is 0 Å². The molecule has 15 heavy (non-hydrogen) atoms. The van der Waals surface area contributed by atoms with Gasteiger partial charge in [-0.15, -0.1) is 0 Å². The third-order valence-electron chi connectivity index (χ3n) is 2.83. The molecule has 88 valence electrons. The summed E-state index contributed by atoms with van der Waals surface area (Å²) >= 11 is 0. The van der Waals surface area contributed by atoms with E-state index < -0.39 is 11.5 Å². The Bertz CT molecular complexity index is 216. The minimum Gasteiger partial charge on any atom is -0.480 e. The predicted molar refractivity (Wildman–Crippen MR) is 57.9 cm³/mol. The van der Waals surface area contributed by atoms with Gasteiger partial charge in [-0.05, 0) is 31.7 Å². The summed E-state index contributed by atoms with van der Waals surface area (Å²) in [5.74, 6) is -0.533. The summed E-state index contributed by atoms with van der Waals surface area (Å²) < 4.78 is 5.42. The zero-order valence-electron chi connectivity index (χ0n) is 9.58. The maximum Gasteiger partial charge on any atom is 0.326 e. The van der Waals surface area contributed by atoms with Gasteiger partial charge in [0.05, 0.1) is 6.61 Å². The first-order valence-electron chi connectivity index (χ1n) is 5.73. The number of rotatable bonds is 8. The molecule has 0 spiro atoms. The normalized spacial score (nSPS) is 19.9. The van der Waals surface area contributed by atoms with E-state index in [2.05, 4.69) is 5.32 Å². The molecule has 0 bridgehead atoms. The quantitative estimate of drug-likeness (QED) is 0.598. The Hall–Kier alpha value is -0.610. The van der Waals surface area contributed by atoms with Gasteiger partial charge in [-0.2, -0.15) is 0 Å². The molecule has 0 saturated heterocycles. The van der Waals surface area contributed by atoms with Gasteiger partial charge < -0.3 is 9.84 Å². The van der Waals surface area contributed by atoms with Crippen LogP contribution in [-0.2, 0) is 9.53 Å². The van der Waals surface area contributed by atoms with Crippen LogP contribution in [0, 0.1) is 5.92 Å². The van der Waals surface area contributed by atoms with Crippen LogP contribution in [-0.4, -0.2) is 36.4 Å². The van der Waals surface area contributed by atoms with E-state index in [0.29, 0.717) is 13.2 Å². The van der Waals surface area contributed by atoms with Crippen molar-refractivity contribution in [2.45, 2.75) is 38.6 Å². The number of carboxylic acid groups (broad SMARTS) is 1. The molecule has 1 fully saturated rings. The summed E-state index contributed by atoms with van der Waals surface area (Å²) in [7, 11) is 0. The van der Waals surface area contributed by atoms with E-state index in [9.17, 15) is 9.90 Å². The molecule has 1 unspecified atom stereocenters. The highest BCUT2D eigenvalue weighted by Gasteiger charge is 2.50. The van der Waals surface area contributed by atoms with Gasteiger partial charge in [0.25, 0.3) is 0 Å². The molecule has 0 aromatic heterocycles. The number of hydrogen-bond donors (Lipinski definition) is 2. The van der Waals surface area contributed by atoms with E-state index in [1.165, 1.54) is 0 Å². The van der Waals surface area contributed by atoms with Gasteiger partial charge in [0.1, 0.15) is 5.54 Å². The fourth-order valence-electron chi connectivity index (χ4n) is 1.89. The number of likely N-dealkylation sites (N-methyl/N-ethyl adjacent to an activating group) is 1. The average Bonchev–Trinajstić information content (AvgIpc) is 3.00. The highest BCUT2D eigenvalue weighted by Crippen LogP contribution is 2.40. The van der Waals surface area contributed by atoms with E-state index in [1.807, 2.05) is 13.8 Å². The highest BCUT2D eigenvalue weighted by molar-refractivity contribution is 5.80. The molecule has 1 atom stereocenters. The average molecular weight is 215 g/mol. The highest BCUT2D eigenvalue weighted by atomic mass is 16.5. The summed E-state index contributed by atoms with van der Waals surface area (Å²) in [5.41, 5.74) is -0.843. The van der Waals surface area contributed by atoms with Gasteiger partial charge in [-0.3, -0.25) is 10.1 Å². The van der Waals surface area contributed by atoms with Gasteiger partial charge in [-0.25, -0.2) is 0 Å². The van der Waals surface area contributed by atoms with E-state index >= 15 is 0 Å². The smallest absolute Gasteiger partial charge is 0.326 e. The van der Waals surface area contributed by atoms with Crippen molar-refractivity contribution in [3.05, 3.63) is 0 Å². The third kappa shape index (κ3) is 2.92. The van der Waals surface area contributed by atoms with Crippen LogP contribution in [0.15, 0.2) is 0 Å². The maximum absolute atomic E-state index is 11.3. The number of ether oxygens (including phenoxy) is 1. The van der Waals surface area contributed by atoms with Gasteiger partial charge in [0.2, 0.25) is 0 Å². The minimum absolute atomic E-state index is 0.242. The first-order chi connectivity index (χ1) is 7.17. The zero-order valence-corrected chi connectivity index (χ0v) is 9.58. The lowest BCUT2D eigenvalue weighted by Gasteiger charge is -2.30. The monoisotopic (exact) mass is 215 g/mol. The Labute approximate surface area is 91.0 Å². The SMILES string of the molecule is CCCOCC(NCC)(C(=O)O)C1CC1. The van der Waals surface area contributed by atoms with Crippen LogP contribution in [0.1, 0.15) is 33.1 Å². The van der Waals surface area contributed by atoms with Crippen LogP contribution in [0.3, 0.4) is 0 Å². The second-order valence-corrected chi connectivity index (χ2v) is 4.13. The summed E-state index contributed by atoms with van der Waals surface area (Å²) in [5, 5.41) is 12.4. The Balaban J connectivity index is 2.59. The fraction of sp³-hybridized carbons (Fsp3) is 0.909. The summed E-state index contributed by atoms with van der Waals surface area (Å²) in [4.78, 5) is 11.3. The molecule has 0 aliphatic heterocycles. The number of carboxylic acids is 1. The van der Waals surface area contributed by atoms with Crippen molar-refractivity contribution in [1.29, 1.82) is 0 Å². The molecular formula is C11H21NO3. The molecule has 1 rings (SSSR count). The predicted octanol–water partition coefficient (Wildman–Crippen LogP) is 1.26. The van der Waals surface area contributed by atoms with Crippen LogP contribution < -0.4 is 5.32 Å². The summed E-state index contributed by atoms with van der Waals surface area (Å²) in [6.45, 7) is 5.53. The van der Waals surface area contributed by atoms with Crippen LogP contribution in [0.4, 0.5) is 0 Å². The lowest BCUT2D eigenvalue weighted by atomic mass is 9.94. The van der Waals surface area contributed by atoms with Crippen molar-refractivity contribution in [2.24, 2.45) is 5.92 Å². The molecule has 0 radical (unpaired) electrons. The Morgan fingerprint density at radius 2 is 2.20 bits per heavy atom. The van der Waals surface area contributed by atoms with Gasteiger partial charge in [-0.1, -0.05) is 13.8 Å². The molecule has 0 heterocycles. The summed E-state index contributed by atoms with van der Waals surface area (Å²) in [6, 6.07) is 0. The lowest BCUT2D eigenvalue weighted by molar-refractivity contribution is -0.149. The third-order valence-corrected chi connectivity index (χ3v) is 2.83. The number of hydrogen-bond acceptors (Lipinski definition) is 3. The molecule has 1 aliphatic carbocycles. The first-order valence-corrected chi connectivity index (χ1v) is 5.73. The van der Waals surface area contributed by atoms with E-state index in [4.69, 9.17) is 4.74 Å². The van der Waals surface area contributed by atoms with Crippen LogP contribution in [0.5, 0.6) is 0 Å². The van der Waals surface area contributed by atoms with Crippen molar-refractivity contribution in [2.75, 3.05) is 19.8 Å². The van der Waals surface area contributed by atoms with Crippen molar-refractivity contribution in [1.82, 2.24) is 5.32 Å². The molecular weight excluding hydrogens is 194 g/mol. The van der Waals surface area contributed by atoms with E-state index in [-0.39, 0.29) is 12.5 Å². The van der Waals surface area contributed by atoms with Crippen LogP contribution in [0.2, 0.25) is 0 Å². The lowest BCUT2D eigenvalue weighted by Crippen LogP contribution is -2.57. The standard InChI is InChI=1S/C11H21NO3/c1-3-7-15-8-11(10(13)14,12-4-2)9-5-6-9/h9,12H,3-8H2,1-2H3,(H,13,14). The Morgan fingerprint density at radius 1 is 1.53 bits per heavy atom. The molecule has 0 aromatic carbocycles. The largest absolute Gasteiger partial charge is 0.480 e. The topological polar surface area (TPSA) is 58.6 Å². The molecule has 0 amide bonds. The molecule has 1 saturated carbocycles. The van der Waals surface area contributed by atoms with Crippen molar-refractivity contribution < 1.29 is 14.6 Å². The molecule has 2 N–H and O–H groups in total. The Kier molecular flexibility index (Phi) is 4.54. The second-order valence-electron chi connectivity index (χ2n) is 4.13. The molecule has 4 heteroatoms. The van der Waals surface area contributed by atoms with Crippen molar-refractivity contribution >= 4 is 5.97 Å². The molecule has 0 aromatic rings. The summed E-state index contributed by atoms with van der Waals surface area (Å²) in [6.07, 6.45) is 2.91. The van der Waals surface area contributed by atoms with Crippen molar-refractivity contribution in [3.63, 3.8) is 0 Å². The van der Waals surface area contributed by atoms with Crippen LogP contribution >= 0.6 is 0 Å². The fourth-order valence-corrected chi connectivity index (χ4v) is 1.89. The Morgan fingerprint density at radius 3 is 2.60 bits per heavy atom. The maximum atomic E-state index is 11.3. The molecule has 4 nitrogen and oxygen atoms in total. The van der Waals surface area contributed by atoms with Crippen LogP contribution in [0.25, 0.3) is 0 Å². The molecule has 1 aliphatic rings.